The van der Waals surface area contributed by atoms with Gasteiger partial charge in [-0.15, -0.1) is 0 Å². The molecule has 1 aliphatic carbocycles. The average Bonchev–Trinajstić information content (AvgIpc) is 2.26. The first-order chi connectivity index (χ1) is 7.61. The van der Waals surface area contributed by atoms with Gasteiger partial charge in [0.05, 0.1) is 6.42 Å². The van der Waals surface area contributed by atoms with E-state index in [1.54, 1.807) is 0 Å². The van der Waals surface area contributed by atoms with Crippen molar-refractivity contribution in [3.05, 3.63) is 0 Å². The van der Waals surface area contributed by atoms with Crippen molar-refractivity contribution in [2.45, 2.75) is 46.0 Å². The first-order valence-corrected chi connectivity index (χ1v) is 6.56. The molecule has 0 aromatic rings. The third-order valence-electron chi connectivity index (χ3n) is 3.74. The highest BCUT2D eigenvalue weighted by Gasteiger charge is 2.20. The van der Waals surface area contributed by atoms with Crippen LogP contribution < -0.4 is 0 Å². The Balaban J connectivity index is 2.24. The Morgan fingerprint density at radius 2 is 1.94 bits per heavy atom. The number of carbonyl (C=O) groups is 1. The maximum absolute atomic E-state index is 10.5. The van der Waals surface area contributed by atoms with Crippen molar-refractivity contribution in [3.63, 3.8) is 0 Å². The summed E-state index contributed by atoms with van der Waals surface area (Å²) < 4.78 is 0. The van der Waals surface area contributed by atoms with Crippen molar-refractivity contribution in [2.75, 3.05) is 19.6 Å². The van der Waals surface area contributed by atoms with Gasteiger partial charge in [0, 0.05) is 13.1 Å². The average molecular weight is 227 g/mol. The molecule has 0 aliphatic heterocycles. The van der Waals surface area contributed by atoms with Crippen LogP contribution in [0.2, 0.25) is 0 Å². The van der Waals surface area contributed by atoms with Crippen molar-refractivity contribution < 1.29 is 9.90 Å². The van der Waals surface area contributed by atoms with Crippen molar-refractivity contribution in [2.24, 2.45) is 11.8 Å². The summed E-state index contributed by atoms with van der Waals surface area (Å²) in [6.07, 6.45) is 5.62. The third kappa shape index (κ3) is 4.97. The van der Waals surface area contributed by atoms with Crippen LogP contribution in [0.4, 0.5) is 0 Å². The Kier molecular flexibility index (Phi) is 5.81. The van der Waals surface area contributed by atoms with Crippen molar-refractivity contribution in [3.8, 4) is 0 Å². The number of nitrogens with zero attached hydrogens (tertiary/aromatic N) is 1. The summed E-state index contributed by atoms with van der Waals surface area (Å²) in [4.78, 5) is 12.8. The van der Waals surface area contributed by atoms with Gasteiger partial charge in [-0.3, -0.25) is 4.79 Å². The van der Waals surface area contributed by atoms with E-state index in [2.05, 4.69) is 18.7 Å². The molecule has 1 saturated carbocycles. The van der Waals surface area contributed by atoms with Crippen LogP contribution in [0.1, 0.15) is 46.0 Å². The number of hydrogen-bond acceptors (Lipinski definition) is 2. The Hall–Kier alpha value is -0.570. The van der Waals surface area contributed by atoms with Gasteiger partial charge in [0.15, 0.2) is 0 Å². The number of carboxylic acid groups (broad SMARTS) is 1. The minimum Gasteiger partial charge on any atom is -0.481 e. The van der Waals surface area contributed by atoms with Crippen LogP contribution in [-0.2, 0) is 4.79 Å². The van der Waals surface area contributed by atoms with Gasteiger partial charge in [-0.05, 0) is 31.2 Å². The molecule has 1 fully saturated rings. The van der Waals surface area contributed by atoms with Crippen LogP contribution in [-0.4, -0.2) is 35.6 Å². The molecule has 1 N–H and O–H groups in total. The number of aliphatic carboxylic acids is 1. The minimum absolute atomic E-state index is 0.275. The molecule has 0 aromatic heterocycles. The zero-order chi connectivity index (χ0) is 12.0. The zero-order valence-electron chi connectivity index (χ0n) is 10.6. The minimum atomic E-state index is -0.685. The highest BCUT2D eigenvalue weighted by molar-refractivity contribution is 5.66. The predicted octanol–water partition coefficient (Wildman–Crippen LogP) is 2.61. The van der Waals surface area contributed by atoms with Crippen LogP contribution in [0, 0.1) is 11.8 Å². The van der Waals surface area contributed by atoms with Crippen LogP contribution in [0.25, 0.3) is 0 Å². The SMILES string of the molecule is CCN(CCC(=O)O)CC1CCC(C)CC1. The molecule has 0 atom stereocenters. The van der Waals surface area contributed by atoms with Gasteiger partial charge in [0.2, 0.25) is 0 Å². The molecule has 1 aliphatic rings. The van der Waals surface area contributed by atoms with E-state index in [0.29, 0.717) is 6.54 Å². The van der Waals surface area contributed by atoms with Crippen molar-refractivity contribution >= 4 is 5.97 Å². The summed E-state index contributed by atoms with van der Waals surface area (Å²) in [5.41, 5.74) is 0. The molecule has 0 unspecified atom stereocenters. The lowest BCUT2D eigenvalue weighted by Gasteiger charge is -2.30. The first-order valence-electron chi connectivity index (χ1n) is 6.56. The van der Waals surface area contributed by atoms with Crippen LogP contribution in [0.15, 0.2) is 0 Å². The first kappa shape index (κ1) is 13.5. The normalized spacial score (nSPS) is 25.9. The lowest BCUT2D eigenvalue weighted by Crippen LogP contribution is -2.33. The Morgan fingerprint density at radius 1 is 1.31 bits per heavy atom. The van der Waals surface area contributed by atoms with Gasteiger partial charge >= 0.3 is 5.97 Å². The maximum Gasteiger partial charge on any atom is 0.304 e. The van der Waals surface area contributed by atoms with Gasteiger partial charge in [-0.25, -0.2) is 0 Å². The molecule has 3 nitrogen and oxygen atoms in total. The Morgan fingerprint density at radius 3 is 2.44 bits per heavy atom. The topological polar surface area (TPSA) is 40.5 Å². The third-order valence-corrected chi connectivity index (χ3v) is 3.74. The second-order valence-corrected chi connectivity index (χ2v) is 5.16. The smallest absolute Gasteiger partial charge is 0.304 e. The van der Waals surface area contributed by atoms with Crippen molar-refractivity contribution in [1.29, 1.82) is 0 Å². The number of carboxylic acids is 1. The largest absolute Gasteiger partial charge is 0.481 e. The molecular formula is C13H25NO2. The highest BCUT2D eigenvalue weighted by Crippen LogP contribution is 2.28. The standard InChI is InChI=1S/C13H25NO2/c1-3-14(9-8-13(15)16)10-12-6-4-11(2)5-7-12/h11-12H,3-10H2,1-2H3,(H,15,16). The number of hydrogen-bond donors (Lipinski definition) is 1. The van der Waals surface area contributed by atoms with E-state index in [1.807, 2.05) is 0 Å². The molecule has 0 bridgehead atoms. The highest BCUT2D eigenvalue weighted by atomic mass is 16.4. The van der Waals surface area contributed by atoms with Gasteiger partial charge in [0.1, 0.15) is 0 Å². The van der Waals surface area contributed by atoms with E-state index in [-0.39, 0.29) is 6.42 Å². The molecule has 3 heteroatoms. The molecule has 16 heavy (non-hydrogen) atoms. The van der Waals surface area contributed by atoms with Crippen LogP contribution >= 0.6 is 0 Å². The van der Waals surface area contributed by atoms with Gasteiger partial charge in [0.25, 0.3) is 0 Å². The molecule has 94 valence electrons. The monoisotopic (exact) mass is 227 g/mol. The van der Waals surface area contributed by atoms with E-state index in [0.717, 1.165) is 24.9 Å². The van der Waals surface area contributed by atoms with E-state index < -0.39 is 5.97 Å². The fourth-order valence-corrected chi connectivity index (χ4v) is 2.51. The lowest BCUT2D eigenvalue weighted by molar-refractivity contribution is -0.137. The fraction of sp³-hybridized carbons (Fsp3) is 0.923. The molecule has 1 rings (SSSR count). The molecule has 0 saturated heterocycles. The Bertz CT molecular complexity index is 210. The van der Waals surface area contributed by atoms with Crippen molar-refractivity contribution in [1.82, 2.24) is 4.90 Å². The molecule has 0 heterocycles. The fourth-order valence-electron chi connectivity index (χ4n) is 2.51. The zero-order valence-corrected chi connectivity index (χ0v) is 10.6. The van der Waals surface area contributed by atoms with Gasteiger partial charge in [-0.2, -0.15) is 0 Å². The van der Waals surface area contributed by atoms with E-state index in [4.69, 9.17) is 5.11 Å². The molecule has 0 amide bonds. The van der Waals surface area contributed by atoms with Gasteiger partial charge < -0.3 is 10.0 Å². The van der Waals surface area contributed by atoms with Gasteiger partial charge in [-0.1, -0.05) is 26.7 Å². The second kappa shape index (κ2) is 6.89. The molecule has 0 radical (unpaired) electrons. The summed E-state index contributed by atoms with van der Waals surface area (Å²) in [6, 6.07) is 0. The summed E-state index contributed by atoms with van der Waals surface area (Å²) in [5.74, 6) is 1.01. The quantitative estimate of drug-likeness (QED) is 0.758. The molecule has 0 aromatic carbocycles. The summed E-state index contributed by atoms with van der Waals surface area (Å²) in [7, 11) is 0. The second-order valence-electron chi connectivity index (χ2n) is 5.16. The predicted molar refractivity (Wildman–Crippen MR) is 65.5 cm³/mol. The summed E-state index contributed by atoms with van der Waals surface area (Å²) >= 11 is 0. The van der Waals surface area contributed by atoms with Crippen LogP contribution in [0.3, 0.4) is 0 Å². The Labute approximate surface area is 98.8 Å². The summed E-state index contributed by atoms with van der Waals surface area (Å²) in [6.45, 7) is 7.22. The maximum atomic E-state index is 10.5. The lowest BCUT2D eigenvalue weighted by atomic mass is 9.83. The van der Waals surface area contributed by atoms with Crippen LogP contribution in [0.5, 0.6) is 0 Å². The number of rotatable bonds is 6. The van der Waals surface area contributed by atoms with E-state index in [9.17, 15) is 4.79 Å². The molecular weight excluding hydrogens is 202 g/mol. The molecule has 0 spiro atoms. The summed E-state index contributed by atoms with van der Waals surface area (Å²) in [5, 5.41) is 8.67. The van der Waals surface area contributed by atoms with E-state index >= 15 is 0 Å². The van der Waals surface area contributed by atoms with E-state index in [1.165, 1.54) is 25.7 Å².